The molecule has 0 amide bonds. The number of nitrogens with zero attached hydrogens (tertiary/aromatic N) is 1. The van der Waals surface area contributed by atoms with E-state index in [4.69, 9.17) is 21.1 Å². The number of hydrogen-bond acceptors (Lipinski definition) is 4. The smallest absolute Gasteiger partial charge is 0.213 e. The topological polar surface area (TPSA) is 48.4 Å². The standard InChI is InChI=1S/C14H12ClNO3/c1-18-14-4-2-3-11(16-14)9-19-13-6-5-10(8-17)7-12(13)15/h2-8H,9H2,1H3. The van der Waals surface area contributed by atoms with Gasteiger partial charge < -0.3 is 9.47 Å². The van der Waals surface area contributed by atoms with Gasteiger partial charge in [0.15, 0.2) is 0 Å². The molecule has 98 valence electrons. The SMILES string of the molecule is COc1cccc(COc2ccc(C=O)cc2Cl)n1. The number of carbonyl (C=O) groups is 1. The Morgan fingerprint density at radius 2 is 2.16 bits per heavy atom. The van der Waals surface area contributed by atoms with Crippen molar-refractivity contribution in [3.8, 4) is 11.6 Å². The quantitative estimate of drug-likeness (QED) is 0.788. The first-order valence-corrected chi connectivity index (χ1v) is 5.98. The molecule has 0 unspecified atom stereocenters. The number of aldehydes is 1. The van der Waals surface area contributed by atoms with E-state index in [1.54, 1.807) is 31.4 Å². The van der Waals surface area contributed by atoms with E-state index in [2.05, 4.69) is 4.98 Å². The number of pyridine rings is 1. The van der Waals surface area contributed by atoms with Crippen LogP contribution in [0.1, 0.15) is 16.1 Å². The summed E-state index contributed by atoms with van der Waals surface area (Å²) in [5.41, 5.74) is 1.24. The number of methoxy groups -OCH3 is 1. The summed E-state index contributed by atoms with van der Waals surface area (Å²) in [5.74, 6) is 1.04. The van der Waals surface area contributed by atoms with Crippen molar-refractivity contribution >= 4 is 17.9 Å². The molecule has 0 spiro atoms. The van der Waals surface area contributed by atoms with Gasteiger partial charge in [-0.1, -0.05) is 17.7 Å². The Morgan fingerprint density at radius 3 is 2.84 bits per heavy atom. The van der Waals surface area contributed by atoms with Crippen molar-refractivity contribution in [2.24, 2.45) is 0 Å². The van der Waals surface area contributed by atoms with Crippen molar-refractivity contribution in [2.45, 2.75) is 6.61 Å². The van der Waals surface area contributed by atoms with Crippen LogP contribution >= 0.6 is 11.6 Å². The van der Waals surface area contributed by atoms with Crippen LogP contribution in [0.5, 0.6) is 11.6 Å². The first kappa shape index (κ1) is 13.4. The summed E-state index contributed by atoms with van der Waals surface area (Å²) in [5, 5.41) is 0.396. The van der Waals surface area contributed by atoms with Crippen molar-refractivity contribution < 1.29 is 14.3 Å². The molecule has 0 aliphatic heterocycles. The highest BCUT2D eigenvalue weighted by Gasteiger charge is 2.04. The first-order valence-electron chi connectivity index (χ1n) is 5.60. The highest BCUT2D eigenvalue weighted by molar-refractivity contribution is 6.32. The lowest BCUT2D eigenvalue weighted by atomic mass is 10.2. The Labute approximate surface area is 115 Å². The molecular weight excluding hydrogens is 266 g/mol. The van der Waals surface area contributed by atoms with E-state index in [0.717, 1.165) is 12.0 Å². The number of rotatable bonds is 5. The number of benzene rings is 1. The Morgan fingerprint density at radius 1 is 1.32 bits per heavy atom. The third kappa shape index (κ3) is 3.45. The van der Waals surface area contributed by atoms with Crippen LogP contribution in [0.15, 0.2) is 36.4 Å². The molecule has 0 bridgehead atoms. The zero-order valence-electron chi connectivity index (χ0n) is 10.3. The normalized spacial score (nSPS) is 10.0. The van der Waals surface area contributed by atoms with Gasteiger partial charge in [-0.3, -0.25) is 4.79 Å². The van der Waals surface area contributed by atoms with Crippen molar-refractivity contribution in [1.82, 2.24) is 4.98 Å². The van der Waals surface area contributed by atoms with Crippen LogP contribution < -0.4 is 9.47 Å². The summed E-state index contributed by atoms with van der Waals surface area (Å²) in [6, 6.07) is 10.3. The molecule has 5 heteroatoms. The molecule has 0 N–H and O–H groups in total. The lowest BCUT2D eigenvalue weighted by Gasteiger charge is -2.08. The minimum absolute atomic E-state index is 0.275. The van der Waals surface area contributed by atoms with E-state index >= 15 is 0 Å². The molecule has 0 aliphatic carbocycles. The molecule has 0 saturated carbocycles. The molecule has 1 aromatic heterocycles. The largest absolute Gasteiger partial charge is 0.486 e. The Bertz CT molecular complexity index is 587. The van der Waals surface area contributed by atoms with Gasteiger partial charge in [0.2, 0.25) is 5.88 Å². The van der Waals surface area contributed by atoms with Crippen molar-refractivity contribution in [1.29, 1.82) is 0 Å². The van der Waals surface area contributed by atoms with Crippen LogP contribution in [-0.4, -0.2) is 18.4 Å². The van der Waals surface area contributed by atoms with Gasteiger partial charge in [-0.2, -0.15) is 0 Å². The van der Waals surface area contributed by atoms with Crippen molar-refractivity contribution in [3.63, 3.8) is 0 Å². The summed E-state index contributed by atoms with van der Waals surface area (Å²) in [4.78, 5) is 14.8. The van der Waals surface area contributed by atoms with Crippen LogP contribution in [0.25, 0.3) is 0 Å². The minimum Gasteiger partial charge on any atom is -0.486 e. The predicted molar refractivity (Wildman–Crippen MR) is 72.0 cm³/mol. The maximum absolute atomic E-state index is 10.6. The maximum Gasteiger partial charge on any atom is 0.213 e. The summed E-state index contributed by atoms with van der Waals surface area (Å²) < 4.78 is 10.6. The van der Waals surface area contributed by atoms with Gasteiger partial charge in [0.1, 0.15) is 18.6 Å². The van der Waals surface area contributed by atoms with E-state index in [1.165, 1.54) is 0 Å². The summed E-state index contributed by atoms with van der Waals surface area (Å²) >= 11 is 6.00. The second-order valence-corrected chi connectivity index (χ2v) is 4.17. The molecule has 0 atom stereocenters. The lowest BCUT2D eigenvalue weighted by Crippen LogP contribution is -2.00. The molecule has 1 aromatic carbocycles. The highest BCUT2D eigenvalue weighted by atomic mass is 35.5. The minimum atomic E-state index is 0.275. The molecule has 2 aromatic rings. The van der Waals surface area contributed by atoms with Gasteiger partial charge in [-0.05, 0) is 24.3 Å². The number of halogens is 1. The van der Waals surface area contributed by atoms with Crippen LogP contribution in [0.2, 0.25) is 5.02 Å². The second-order valence-electron chi connectivity index (χ2n) is 3.77. The van der Waals surface area contributed by atoms with Gasteiger partial charge in [-0.25, -0.2) is 4.98 Å². The van der Waals surface area contributed by atoms with Crippen LogP contribution in [0.3, 0.4) is 0 Å². The van der Waals surface area contributed by atoms with Crippen molar-refractivity contribution in [2.75, 3.05) is 7.11 Å². The maximum atomic E-state index is 10.6. The van der Waals surface area contributed by atoms with Crippen molar-refractivity contribution in [3.05, 3.63) is 52.7 Å². The fourth-order valence-electron chi connectivity index (χ4n) is 1.51. The number of carbonyl (C=O) groups excluding carboxylic acids is 1. The number of ether oxygens (including phenoxy) is 2. The lowest BCUT2D eigenvalue weighted by molar-refractivity contribution is 0.112. The van der Waals surface area contributed by atoms with Gasteiger partial charge in [0.05, 0.1) is 17.8 Å². The van der Waals surface area contributed by atoms with Crippen LogP contribution in [0.4, 0.5) is 0 Å². The zero-order valence-corrected chi connectivity index (χ0v) is 11.1. The average molecular weight is 278 g/mol. The summed E-state index contributed by atoms with van der Waals surface area (Å²) in [6.45, 7) is 0.275. The fraction of sp³-hybridized carbons (Fsp3) is 0.143. The Hall–Kier alpha value is -2.07. The Kier molecular flexibility index (Phi) is 4.36. The number of aromatic nitrogens is 1. The van der Waals surface area contributed by atoms with Gasteiger partial charge in [0, 0.05) is 11.6 Å². The van der Waals surface area contributed by atoms with Gasteiger partial charge in [0.25, 0.3) is 0 Å². The third-order valence-electron chi connectivity index (χ3n) is 2.46. The molecule has 0 aliphatic rings. The molecule has 0 saturated heterocycles. The molecule has 19 heavy (non-hydrogen) atoms. The van der Waals surface area contributed by atoms with E-state index in [1.807, 2.05) is 12.1 Å². The Balaban J connectivity index is 2.07. The predicted octanol–water partition coefficient (Wildman–Crippen LogP) is 3.14. The van der Waals surface area contributed by atoms with E-state index in [0.29, 0.717) is 22.2 Å². The molecule has 4 nitrogen and oxygen atoms in total. The fourth-order valence-corrected chi connectivity index (χ4v) is 1.75. The summed E-state index contributed by atoms with van der Waals surface area (Å²) in [6.07, 6.45) is 0.735. The highest BCUT2D eigenvalue weighted by Crippen LogP contribution is 2.25. The molecule has 2 rings (SSSR count). The monoisotopic (exact) mass is 277 g/mol. The zero-order chi connectivity index (χ0) is 13.7. The van der Waals surface area contributed by atoms with Crippen LogP contribution in [-0.2, 0) is 6.61 Å². The molecule has 0 radical (unpaired) electrons. The molecule has 0 fully saturated rings. The van der Waals surface area contributed by atoms with E-state index in [9.17, 15) is 4.79 Å². The third-order valence-corrected chi connectivity index (χ3v) is 2.75. The van der Waals surface area contributed by atoms with E-state index < -0.39 is 0 Å². The molecular formula is C14H12ClNO3. The average Bonchev–Trinajstić information content (AvgIpc) is 2.46. The van der Waals surface area contributed by atoms with Gasteiger partial charge >= 0.3 is 0 Å². The number of hydrogen-bond donors (Lipinski definition) is 0. The van der Waals surface area contributed by atoms with Crippen LogP contribution in [0, 0.1) is 0 Å². The second kappa shape index (κ2) is 6.20. The van der Waals surface area contributed by atoms with Gasteiger partial charge in [-0.15, -0.1) is 0 Å². The van der Waals surface area contributed by atoms with E-state index in [-0.39, 0.29) is 6.61 Å². The summed E-state index contributed by atoms with van der Waals surface area (Å²) in [7, 11) is 1.56. The first-order chi connectivity index (χ1) is 9.22. The molecule has 1 heterocycles.